The molecule has 6 rings (SSSR count). The highest BCUT2D eigenvalue weighted by molar-refractivity contribution is 7.23. The summed E-state index contributed by atoms with van der Waals surface area (Å²) in [6, 6.07) is 0. The lowest BCUT2D eigenvalue weighted by molar-refractivity contribution is -0.160. The maximum absolute atomic E-state index is 14.7. The number of aliphatic hydroxyl groups is 2. The fraction of sp³-hybridized carbons (Fsp3) is 0.533. The summed E-state index contributed by atoms with van der Waals surface area (Å²) in [7, 11) is 1.45. The Labute approximate surface area is 369 Å². The Hall–Kier alpha value is -5.43. The van der Waals surface area contributed by atoms with E-state index in [2.05, 4.69) is 5.32 Å². The van der Waals surface area contributed by atoms with E-state index >= 15 is 0 Å². The first-order valence-corrected chi connectivity index (χ1v) is 21.9. The molecule has 1 fully saturated rings. The summed E-state index contributed by atoms with van der Waals surface area (Å²) in [5, 5.41) is 50.1. The minimum atomic E-state index is -1.99. The van der Waals surface area contributed by atoms with Crippen molar-refractivity contribution in [2.75, 3.05) is 50.1 Å². The Morgan fingerprint density at radius 1 is 0.984 bits per heavy atom. The standard InChI is InChI=1S/C45H58N4O13S/c1-11-59-44(57)49-18-16-48(17-19-49)43-47-32-29-30-36(53)26(7)39-31(29)41(55)45(9,62-39)60-20-15-28(58-10)23(4)38(61-27(8)50)25(6)35(52)24(5)34(51)21(2)13-12-14-22(3)42(56)46-33(37(30)54)40(32)63-43/h12-15,20-21,23-25,28,34-35,38,51-54H,11,16-19H2,1-10H3,(H,46,56)/b13-12+,20-15+,22-14-/t21-,23+,24+,25+,28+,34-,35+,38+,45-/m0/s1. The summed E-state index contributed by atoms with van der Waals surface area (Å²) >= 11 is 1.15. The Kier molecular flexibility index (Phi) is 14.0. The number of thiazole rings is 1. The van der Waals surface area contributed by atoms with Gasteiger partial charge in [-0.2, -0.15) is 0 Å². The Morgan fingerprint density at radius 2 is 1.67 bits per heavy atom. The summed E-state index contributed by atoms with van der Waals surface area (Å²) in [5.74, 6) is -7.18. The van der Waals surface area contributed by atoms with E-state index in [0.29, 0.717) is 36.0 Å². The number of nitrogens with one attached hydrogen (secondary N) is 1. The lowest BCUT2D eigenvalue weighted by Gasteiger charge is -2.38. The minimum Gasteiger partial charge on any atom is -0.507 e. The van der Waals surface area contributed by atoms with Gasteiger partial charge in [0.2, 0.25) is 0 Å². The van der Waals surface area contributed by atoms with Crippen molar-refractivity contribution in [1.29, 1.82) is 0 Å². The molecule has 3 aromatic rings. The maximum Gasteiger partial charge on any atom is 0.409 e. The van der Waals surface area contributed by atoms with E-state index in [0.717, 1.165) is 11.3 Å². The summed E-state index contributed by atoms with van der Waals surface area (Å²) in [5.41, 5.74) is 0.494. The molecule has 3 aliphatic heterocycles. The number of aliphatic hydroxyl groups excluding tert-OH is 2. The number of hydrogen-bond donors (Lipinski definition) is 5. The number of piperazine rings is 1. The van der Waals surface area contributed by atoms with Gasteiger partial charge in [0.05, 0.1) is 52.3 Å². The van der Waals surface area contributed by atoms with Gasteiger partial charge in [0, 0.05) is 87.3 Å². The Balaban J connectivity index is 1.52. The van der Waals surface area contributed by atoms with E-state index in [1.54, 1.807) is 64.7 Å². The number of nitrogens with zero attached hydrogens (tertiary/aromatic N) is 3. The highest BCUT2D eigenvalue weighted by atomic mass is 32.1. The third-order valence-corrected chi connectivity index (χ3v) is 13.6. The maximum atomic E-state index is 14.7. The van der Waals surface area contributed by atoms with Gasteiger partial charge in [0.15, 0.2) is 10.9 Å². The predicted octanol–water partition coefficient (Wildman–Crippen LogP) is 5.94. The number of carbonyl (C=O) groups is 4. The highest BCUT2D eigenvalue weighted by Crippen LogP contribution is 2.55. The lowest BCUT2D eigenvalue weighted by atomic mass is 9.78. The topological polar surface area (TPSA) is 227 Å². The first-order valence-electron chi connectivity index (χ1n) is 21.1. The third kappa shape index (κ3) is 8.90. The van der Waals surface area contributed by atoms with E-state index in [1.807, 2.05) is 4.90 Å². The van der Waals surface area contributed by atoms with Crippen LogP contribution in [0.5, 0.6) is 17.2 Å². The highest BCUT2D eigenvalue weighted by Gasteiger charge is 2.50. The quantitative estimate of drug-likeness (QED) is 0.151. The second-order valence-electron chi connectivity index (χ2n) is 16.7. The number of rotatable bonds is 4. The van der Waals surface area contributed by atoms with E-state index in [4.69, 9.17) is 28.7 Å². The van der Waals surface area contributed by atoms with Crippen LogP contribution >= 0.6 is 11.3 Å². The van der Waals surface area contributed by atoms with Gasteiger partial charge in [0.25, 0.3) is 11.7 Å². The number of allylic oxidation sites excluding steroid dienone is 2. The fourth-order valence-corrected chi connectivity index (χ4v) is 9.67. The second kappa shape index (κ2) is 18.7. The average Bonchev–Trinajstić information content (AvgIpc) is 3.81. The molecule has 4 heterocycles. The molecule has 0 aliphatic carbocycles. The molecule has 0 radical (unpaired) electrons. The fourth-order valence-electron chi connectivity index (χ4n) is 8.54. The molecule has 3 aliphatic rings. The zero-order valence-electron chi connectivity index (χ0n) is 37.3. The molecule has 2 amide bonds. The Bertz CT molecular complexity index is 2370. The van der Waals surface area contributed by atoms with Crippen LogP contribution in [0.3, 0.4) is 0 Å². The molecule has 0 spiro atoms. The number of aromatic hydroxyl groups is 2. The van der Waals surface area contributed by atoms with Crippen molar-refractivity contribution >= 4 is 66.9 Å². The molecule has 5 N–H and O–H groups in total. The van der Waals surface area contributed by atoms with Crippen LogP contribution < -0.4 is 15.0 Å². The molecular formula is C45H58N4O13S. The van der Waals surface area contributed by atoms with Crippen molar-refractivity contribution in [3.63, 3.8) is 0 Å². The van der Waals surface area contributed by atoms with Gasteiger partial charge in [-0.15, -0.1) is 0 Å². The van der Waals surface area contributed by atoms with Gasteiger partial charge in [-0.3, -0.25) is 14.4 Å². The van der Waals surface area contributed by atoms with Crippen molar-refractivity contribution in [1.82, 2.24) is 9.88 Å². The zero-order valence-corrected chi connectivity index (χ0v) is 38.1. The number of ketones is 1. The number of phenolic OH excluding ortho intramolecular Hbond substituents is 2. The van der Waals surface area contributed by atoms with Gasteiger partial charge < -0.3 is 59.2 Å². The SMILES string of the molecule is CCOC(=O)N1CCN(c2nc3c(s2)c2c(O)c4c(O)c(C)c5c(c43)C(=O)[C@@](C)(O/C=C/[C@@H](OC)[C@@H](C)[C@@H](OC(C)=O)[C@H](C)[C@H](O)[C@H](C)[C@@H](O)[C@@H](C)/C=C/C=C(/C)C(=O)N2)O5)CC1. The first kappa shape index (κ1) is 47.1. The molecule has 0 unspecified atom stereocenters. The van der Waals surface area contributed by atoms with Crippen molar-refractivity contribution in [2.24, 2.45) is 23.7 Å². The second-order valence-corrected chi connectivity index (χ2v) is 17.7. The Morgan fingerprint density at radius 3 is 2.30 bits per heavy atom. The van der Waals surface area contributed by atoms with Gasteiger partial charge >= 0.3 is 17.8 Å². The number of Topliss-reactive ketones (excluding diaryl/α,β-unsaturated/α-hetero) is 1. The van der Waals surface area contributed by atoms with Gasteiger partial charge in [-0.25, -0.2) is 9.78 Å². The molecular weight excluding hydrogens is 837 g/mol. The van der Waals surface area contributed by atoms with Crippen LogP contribution in [0.25, 0.3) is 21.0 Å². The third-order valence-electron chi connectivity index (χ3n) is 12.4. The number of esters is 1. The molecule has 2 aromatic carbocycles. The number of hydrogen-bond acceptors (Lipinski definition) is 16. The van der Waals surface area contributed by atoms with Crippen molar-refractivity contribution < 1.29 is 63.3 Å². The van der Waals surface area contributed by atoms with Crippen LogP contribution in [0.15, 0.2) is 36.1 Å². The van der Waals surface area contributed by atoms with Crippen molar-refractivity contribution in [3.8, 4) is 17.2 Å². The van der Waals surface area contributed by atoms with Gasteiger partial charge in [-0.05, 0) is 26.8 Å². The number of benzene rings is 2. The molecule has 0 saturated carbocycles. The molecule has 1 aromatic heterocycles. The normalized spacial score (nSPS) is 30.4. The van der Waals surface area contributed by atoms with Crippen LogP contribution in [-0.2, 0) is 28.5 Å². The molecule has 17 nitrogen and oxygen atoms in total. The minimum absolute atomic E-state index is 0.00570. The molecule has 63 heavy (non-hydrogen) atoms. The lowest BCUT2D eigenvalue weighted by Crippen LogP contribution is -2.48. The number of carbonyl (C=O) groups excluding carboxylic acids is 4. The molecule has 9 atom stereocenters. The largest absolute Gasteiger partial charge is 0.507 e. The number of amides is 2. The number of phenols is 2. The van der Waals surface area contributed by atoms with E-state index in [-0.39, 0.29) is 51.0 Å². The smallest absolute Gasteiger partial charge is 0.409 e. The number of aromatic nitrogens is 1. The predicted molar refractivity (Wildman–Crippen MR) is 236 cm³/mol. The number of anilines is 2. The monoisotopic (exact) mass is 894 g/mol. The van der Waals surface area contributed by atoms with Crippen molar-refractivity contribution in [2.45, 2.75) is 92.5 Å². The summed E-state index contributed by atoms with van der Waals surface area (Å²) in [4.78, 5) is 62.0. The van der Waals surface area contributed by atoms with Crippen LogP contribution in [0.4, 0.5) is 15.6 Å². The van der Waals surface area contributed by atoms with Gasteiger partial charge in [0.1, 0.15) is 23.3 Å². The summed E-state index contributed by atoms with van der Waals surface area (Å²) < 4.78 is 29.4. The van der Waals surface area contributed by atoms with Crippen LogP contribution in [0.2, 0.25) is 0 Å². The van der Waals surface area contributed by atoms with Crippen LogP contribution in [0, 0.1) is 30.6 Å². The van der Waals surface area contributed by atoms with Crippen LogP contribution in [-0.4, -0.2) is 124 Å². The molecule has 18 heteroatoms. The molecule has 4 bridgehead atoms. The summed E-state index contributed by atoms with van der Waals surface area (Å²) in [6.07, 6.45) is 3.34. The van der Waals surface area contributed by atoms with E-state index < -0.39 is 89.1 Å². The first-order chi connectivity index (χ1) is 29.8. The molecule has 342 valence electrons. The number of ether oxygens (including phenoxy) is 5. The molecule has 1 saturated heterocycles. The number of methoxy groups -OCH3 is 1. The average molecular weight is 895 g/mol. The van der Waals surface area contributed by atoms with E-state index in [9.17, 15) is 39.6 Å². The van der Waals surface area contributed by atoms with Gasteiger partial charge in [-0.1, -0.05) is 57.3 Å². The zero-order chi connectivity index (χ0) is 46.2. The van der Waals surface area contributed by atoms with Crippen molar-refractivity contribution in [3.05, 3.63) is 47.3 Å². The van der Waals surface area contributed by atoms with Crippen LogP contribution in [0.1, 0.15) is 71.3 Å². The van der Waals surface area contributed by atoms with E-state index in [1.165, 1.54) is 40.2 Å². The number of fused-ring (bicyclic) bond motifs is 1. The summed E-state index contributed by atoms with van der Waals surface area (Å²) in [6.45, 7) is 16.2.